The lowest BCUT2D eigenvalue weighted by atomic mass is 10.3. The zero-order valence-corrected chi connectivity index (χ0v) is 12.8. The van der Waals surface area contributed by atoms with Crippen LogP contribution in [0.3, 0.4) is 0 Å². The van der Waals surface area contributed by atoms with Crippen LogP contribution in [0.25, 0.3) is 0 Å². The maximum absolute atomic E-state index is 11.7. The van der Waals surface area contributed by atoms with Gasteiger partial charge in [0.2, 0.25) is 0 Å². The standard InChI is InChI=1S/C13H15BrN2O4/c1-3-19-12(17)9(13(18)20-4-2)7-16-11-5-6-15-8-10(11)14/h5-8H,3-4H2,1-2H3,(H,15,16). The van der Waals surface area contributed by atoms with Gasteiger partial charge in [-0.05, 0) is 35.8 Å². The summed E-state index contributed by atoms with van der Waals surface area (Å²) in [6, 6.07) is 1.69. The van der Waals surface area contributed by atoms with Gasteiger partial charge in [-0.3, -0.25) is 4.98 Å². The first kappa shape index (κ1) is 16.2. The van der Waals surface area contributed by atoms with E-state index >= 15 is 0 Å². The smallest absolute Gasteiger partial charge is 0.347 e. The summed E-state index contributed by atoms with van der Waals surface area (Å²) in [4.78, 5) is 27.3. The summed E-state index contributed by atoms with van der Waals surface area (Å²) >= 11 is 3.30. The first-order valence-corrected chi connectivity index (χ1v) is 6.79. The SMILES string of the molecule is CCOC(=O)C(=CNc1ccncc1Br)C(=O)OCC. The van der Waals surface area contributed by atoms with Gasteiger partial charge in [-0.2, -0.15) is 0 Å². The largest absolute Gasteiger partial charge is 0.462 e. The second-order valence-electron chi connectivity index (χ2n) is 3.50. The van der Waals surface area contributed by atoms with Crippen LogP contribution in [0.4, 0.5) is 5.69 Å². The van der Waals surface area contributed by atoms with Crippen molar-refractivity contribution in [3.63, 3.8) is 0 Å². The minimum absolute atomic E-state index is 0.175. The van der Waals surface area contributed by atoms with E-state index in [1.54, 1.807) is 32.3 Å². The highest BCUT2D eigenvalue weighted by atomic mass is 79.9. The molecule has 0 aliphatic carbocycles. The molecule has 0 aliphatic heterocycles. The second kappa shape index (κ2) is 8.31. The summed E-state index contributed by atoms with van der Waals surface area (Å²) in [6.07, 6.45) is 4.43. The van der Waals surface area contributed by atoms with Crippen LogP contribution in [-0.4, -0.2) is 30.1 Å². The number of ether oxygens (including phenoxy) is 2. The minimum Gasteiger partial charge on any atom is -0.462 e. The summed E-state index contributed by atoms with van der Waals surface area (Å²) in [5.41, 5.74) is 0.462. The van der Waals surface area contributed by atoms with E-state index < -0.39 is 11.9 Å². The molecule has 7 heteroatoms. The van der Waals surface area contributed by atoms with E-state index in [4.69, 9.17) is 9.47 Å². The van der Waals surface area contributed by atoms with Gasteiger partial charge < -0.3 is 14.8 Å². The fraction of sp³-hybridized carbons (Fsp3) is 0.308. The van der Waals surface area contributed by atoms with Crippen LogP contribution in [0.2, 0.25) is 0 Å². The number of rotatable bonds is 6. The van der Waals surface area contributed by atoms with Crippen molar-refractivity contribution in [1.29, 1.82) is 0 Å². The van der Waals surface area contributed by atoms with Crippen LogP contribution in [-0.2, 0) is 19.1 Å². The molecule has 0 spiro atoms. The average Bonchev–Trinajstić information content (AvgIpc) is 2.41. The molecule has 20 heavy (non-hydrogen) atoms. The summed E-state index contributed by atoms with van der Waals surface area (Å²) in [7, 11) is 0. The Hall–Kier alpha value is -1.89. The van der Waals surface area contributed by atoms with Crippen molar-refractivity contribution in [2.24, 2.45) is 0 Å². The third-order valence-corrected chi connectivity index (χ3v) is 2.77. The lowest BCUT2D eigenvalue weighted by molar-refractivity contribution is -0.146. The van der Waals surface area contributed by atoms with Gasteiger partial charge >= 0.3 is 11.9 Å². The molecule has 108 valence electrons. The van der Waals surface area contributed by atoms with Crippen molar-refractivity contribution in [2.75, 3.05) is 18.5 Å². The number of hydrogen-bond acceptors (Lipinski definition) is 6. The Balaban J connectivity index is 2.92. The topological polar surface area (TPSA) is 77.5 Å². The summed E-state index contributed by atoms with van der Waals surface area (Å²) in [6.45, 7) is 3.67. The summed E-state index contributed by atoms with van der Waals surface area (Å²) < 4.78 is 10.3. The predicted octanol–water partition coefficient (Wildman–Crippen LogP) is 2.27. The molecule has 1 aromatic rings. The van der Waals surface area contributed by atoms with E-state index in [2.05, 4.69) is 26.2 Å². The molecule has 0 aliphatic rings. The minimum atomic E-state index is -0.733. The van der Waals surface area contributed by atoms with Crippen molar-refractivity contribution in [3.05, 3.63) is 34.7 Å². The van der Waals surface area contributed by atoms with Crippen LogP contribution < -0.4 is 5.32 Å². The predicted molar refractivity (Wildman–Crippen MR) is 76.9 cm³/mol. The van der Waals surface area contributed by atoms with Crippen molar-refractivity contribution in [3.8, 4) is 0 Å². The van der Waals surface area contributed by atoms with Crippen LogP contribution in [0.15, 0.2) is 34.7 Å². The van der Waals surface area contributed by atoms with Crippen molar-refractivity contribution < 1.29 is 19.1 Å². The number of pyridine rings is 1. The fourth-order valence-corrected chi connectivity index (χ4v) is 1.63. The van der Waals surface area contributed by atoms with E-state index in [0.717, 1.165) is 0 Å². The quantitative estimate of drug-likeness (QED) is 0.370. The second-order valence-corrected chi connectivity index (χ2v) is 4.35. The number of halogens is 1. The number of nitrogens with zero attached hydrogens (tertiary/aromatic N) is 1. The Morgan fingerprint density at radius 1 is 1.30 bits per heavy atom. The highest BCUT2D eigenvalue weighted by Crippen LogP contribution is 2.20. The van der Waals surface area contributed by atoms with Gasteiger partial charge in [-0.15, -0.1) is 0 Å². The maximum atomic E-state index is 11.7. The molecule has 0 saturated carbocycles. The van der Waals surface area contributed by atoms with E-state index in [-0.39, 0.29) is 18.8 Å². The van der Waals surface area contributed by atoms with Crippen molar-refractivity contribution >= 4 is 33.6 Å². The van der Waals surface area contributed by atoms with Crippen LogP contribution in [0.1, 0.15) is 13.8 Å². The molecule has 6 nitrogen and oxygen atoms in total. The normalized spacial score (nSPS) is 9.55. The Kier molecular flexibility index (Phi) is 6.72. The van der Waals surface area contributed by atoms with Crippen LogP contribution >= 0.6 is 15.9 Å². The molecular weight excluding hydrogens is 328 g/mol. The molecule has 1 aromatic heterocycles. The van der Waals surface area contributed by atoms with Crippen LogP contribution in [0.5, 0.6) is 0 Å². The van der Waals surface area contributed by atoms with Gasteiger partial charge in [-0.25, -0.2) is 9.59 Å². The Labute approximate surface area is 125 Å². The number of carbonyl (C=O) groups is 2. The molecule has 0 atom stereocenters. The van der Waals surface area contributed by atoms with Gasteiger partial charge in [0.1, 0.15) is 0 Å². The highest BCUT2D eigenvalue weighted by Gasteiger charge is 2.20. The molecule has 1 N–H and O–H groups in total. The highest BCUT2D eigenvalue weighted by molar-refractivity contribution is 9.10. The van der Waals surface area contributed by atoms with Gasteiger partial charge in [-0.1, -0.05) is 0 Å². The average molecular weight is 343 g/mol. The number of aromatic nitrogens is 1. The lowest BCUT2D eigenvalue weighted by Gasteiger charge is -2.08. The molecule has 1 rings (SSSR count). The first-order chi connectivity index (χ1) is 9.60. The molecule has 0 bridgehead atoms. The third-order valence-electron chi connectivity index (χ3n) is 2.14. The van der Waals surface area contributed by atoms with E-state index in [9.17, 15) is 9.59 Å². The monoisotopic (exact) mass is 342 g/mol. The molecule has 1 heterocycles. The lowest BCUT2D eigenvalue weighted by Crippen LogP contribution is -2.19. The zero-order valence-electron chi connectivity index (χ0n) is 11.2. The number of hydrogen-bond donors (Lipinski definition) is 1. The van der Waals surface area contributed by atoms with Gasteiger partial charge in [0.15, 0.2) is 5.57 Å². The molecular formula is C13H15BrN2O4. The van der Waals surface area contributed by atoms with Crippen molar-refractivity contribution in [2.45, 2.75) is 13.8 Å². The van der Waals surface area contributed by atoms with Gasteiger partial charge in [0.25, 0.3) is 0 Å². The molecule has 0 fully saturated rings. The van der Waals surface area contributed by atoms with Gasteiger partial charge in [0.05, 0.1) is 23.4 Å². The van der Waals surface area contributed by atoms with E-state index in [1.807, 2.05) is 0 Å². The number of esters is 2. The Morgan fingerprint density at radius 2 is 1.90 bits per heavy atom. The van der Waals surface area contributed by atoms with E-state index in [1.165, 1.54) is 6.20 Å². The van der Waals surface area contributed by atoms with Crippen LogP contribution in [0, 0.1) is 0 Å². The third kappa shape index (κ3) is 4.65. The molecule has 0 saturated heterocycles. The number of nitrogens with one attached hydrogen (secondary N) is 1. The number of anilines is 1. The first-order valence-electron chi connectivity index (χ1n) is 6.00. The Morgan fingerprint density at radius 3 is 2.40 bits per heavy atom. The fourth-order valence-electron chi connectivity index (χ4n) is 1.26. The molecule has 0 unspecified atom stereocenters. The maximum Gasteiger partial charge on any atom is 0.347 e. The molecule has 0 aromatic carbocycles. The molecule has 0 amide bonds. The Bertz CT molecular complexity index is 497. The number of carbonyl (C=O) groups excluding carboxylic acids is 2. The van der Waals surface area contributed by atoms with Gasteiger partial charge in [0, 0.05) is 18.6 Å². The summed E-state index contributed by atoms with van der Waals surface area (Å²) in [5, 5.41) is 2.84. The zero-order chi connectivity index (χ0) is 15.0. The van der Waals surface area contributed by atoms with Crippen molar-refractivity contribution in [1.82, 2.24) is 4.98 Å². The summed E-state index contributed by atoms with van der Waals surface area (Å²) in [5.74, 6) is -1.47. The molecule has 0 radical (unpaired) electrons. The van der Waals surface area contributed by atoms with E-state index in [0.29, 0.717) is 10.2 Å².